The number of hydrogen-bond donors (Lipinski definition) is 2. The Morgan fingerprint density at radius 2 is 2.00 bits per heavy atom. The maximum Gasteiger partial charge on any atom is 0.330 e. The average molecular weight is 183 g/mol. The molecule has 1 aliphatic carbocycles. The Balaban J connectivity index is 2.69. The zero-order valence-corrected chi connectivity index (χ0v) is 7.54. The first-order valence-corrected chi connectivity index (χ1v) is 4.30. The quantitative estimate of drug-likeness (QED) is 0.632. The fourth-order valence-corrected chi connectivity index (χ4v) is 1.34. The number of carboxylic acid groups (broad SMARTS) is 1. The molecule has 72 valence electrons. The molecule has 1 aliphatic rings. The van der Waals surface area contributed by atoms with Crippen LogP contribution in [0, 0.1) is 0 Å². The lowest BCUT2D eigenvalue weighted by molar-refractivity contribution is -0.147. The van der Waals surface area contributed by atoms with Gasteiger partial charge in [0.1, 0.15) is 5.54 Å². The van der Waals surface area contributed by atoms with Crippen LogP contribution in [0.25, 0.3) is 0 Å². The van der Waals surface area contributed by atoms with Gasteiger partial charge in [-0.15, -0.1) is 0 Å². The zero-order valence-electron chi connectivity index (χ0n) is 7.54. The van der Waals surface area contributed by atoms with Crippen LogP contribution in [0.15, 0.2) is 12.2 Å². The molecule has 0 radical (unpaired) electrons. The van der Waals surface area contributed by atoms with Crippen molar-refractivity contribution in [2.45, 2.75) is 31.7 Å². The molecule has 1 rings (SSSR count). The normalized spacial score (nSPS) is 18.5. The molecule has 0 fully saturated rings. The van der Waals surface area contributed by atoms with Crippen LogP contribution in [0.5, 0.6) is 0 Å². The van der Waals surface area contributed by atoms with E-state index in [0.29, 0.717) is 19.3 Å². The number of amides is 1. The van der Waals surface area contributed by atoms with E-state index in [-0.39, 0.29) is 5.91 Å². The predicted octanol–water partition coefficient (Wildman–Crippen LogP) is 0.686. The number of aliphatic carboxylic acids is 1. The largest absolute Gasteiger partial charge is 0.479 e. The predicted molar refractivity (Wildman–Crippen MR) is 47.2 cm³/mol. The molecule has 4 heteroatoms. The molecule has 13 heavy (non-hydrogen) atoms. The number of carbonyl (C=O) groups excluding carboxylic acids is 1. The molecule has 0 spiro atoms. The topological polar surface area (TPSA) is 66.4 Å². The van der Waals surface area contributed by atoms with Gasteiger partial charge in [-0.1, -0.05) is 19.1 Å². The lowest BCUT2D eigenvalue weighted by atomic mass is 9.96. The van der Waals surface area contributed by atoms with Gasteiger partial charge in [0.15, 0.2) is 0 Å². The van der Waals surface area contributed by atoms with Gasteiger partial charge in [0.2, 0.25) is 5.91 Å². The summed E-state index contributed by atoms with van der Waals surface area (Å²) in [6, 6.07) is 0. The molecule has 0 aromatic rings. The summed E-state index contributed by atoms with van der Waals surface area (Å²) in [5.74, 6) is -1.18. The van der Waals surface area contributed by atoms with E-state index in [1.54, 1.807) is 19.1 Å². The highest BCUT2D eigenvalue weighted by Crippen LogP contribution is 2.23. The first kappa shape index (κ1) is 9.77. The minimum absolute atomic E-state index is 0.217. The van der Waals surface area contributed by atoms with Crippen LogP contribution in [-0.4, -0.2) is 22.5 Å². The van der Waals surface area contributed by atoms with Gasteiger partial charge in [0.25, 0.3) is 0 Å². The van der Waals surface area contributed by atoms with E-state index in [0.717, 1.165) is 0 Å². The molecule has 0 saturated carbocycles. The Kier molecular flexibility index (Phi) is 2.70. The monoisotopic (exact) mass is 183 g/mol. The smallest absolute Gasteiger partial charge is 0.330 e. The maximum absolute atomic E-state index is 11.1. The second-order valence-electron chi connectivity index (χ2n) is 3.17. The van der Waals surface area contributed by atoms with E-state index >= 15 is 0 Å². The van der Waals surface area contributed by atoms with Crippen LogP contribution in [-0.2, 0) is 9.59 Å². The van der Waals surface area contributed by atoms with Gasteiger partial charge < -0.3 is 10.4 Å². The number of carboxylic acids is 1. The van der Waals surface area contributed by atoms with E-state index in [4.69, 9.17) is 5.11 Å². The summed E-state index contributed by atoms with van der Waals surface area (Å²) in [7, 11) is 0. The lowest BCUT2D eigenvalue weighted by Crippen LogP contribution is -2.52. The van der Waals surface area contributed by atoms with Gasteiger partial charge in [-0.05, 0) is 12.8 Å². The second kappa shape index (κ2) is 3.60. The molecule has 0 atom stereocenters. The first-order chi connectivity index (χ1) is 6.10. The molecule has 0 heterocycles. The number of nitrogens with one attached hydrogen (secondary N) is 1. The van der Waals surface area contributed by atoms with Crippen molar-refractivity contribution in [2.75, 3.05) is 0 Å². The molecule has 0 unspecified atom stereocenters. The highest BCUT2D eigenvalue weighted by Gasteiger charge is 2.39. The van der Waals surface area contributed by atoms with Crippen molar-refractivity contribution in [3.05, 3.63) is 12.2 Å². The summed E-state index contributed by atoms with van der Waals surface area (Å²) in [5.41, 5.74) is -1.08. The van der Waals surface area contributed by atoms with E-state index in [1.165, 1.54) is 0 Å². The van der Waals surface area contributed by atoms with Crippen molar-refractivity contribution in [2.24, 2.45) is 0 Å². The van der Waals surface area contributed by atoms with Crippen LogP contribution in [0.2, 0.25) is 0 Å². The van der Waals surface area contributed by atoms with Crippen LogP contribution in [0.4, 0.5) is 0 Å². The van der Waals surface area contributed by atoms with E-state index in [1.807, 2.05) is 0 Å². The lowest BCUT2D eigenvalue weighted by Gasteiger charge is -2.24. The highest BCUT2D eigenvalue weighted by atomic mass is 16.4. The summed E-state index contributed by atoms with van der Waals surface area (Å²) in [4.78, 5) is 22.0. The SMILES string of the molecule is CCC(=O)NC1(C(=O)O)CC=CC1. The average Bonchev–Trinajstić information content (AvgIpc) is 2.54. The van der Waals surface area contributed by atoms with E-state index < -0.39 is 11.5 Å². The van der Waals surface area contributed by atoms with Crippen molar-refractivity contribution in [3.8, 4) is 0 Å². The molecule has 0 saturated heterocycles. The Morgan fingerprint density at radius 3 is 2.38 bits per heavy atom. The molecular formula is C9H13NO3. The number of carbonyl (C=O) groups is 2. The summed E-state index contributed by atoms with van der Waals surface area (Å²) >= 11 is 0. The van der Waals surface area contributed by atoms with Gasteiger partial charge in [-0.25, -0.2) is 4.79 Å². The van der Waals surface area contributed by atoms with E-state index in [2.05, 4.69) is 5.32 Å². The Hall–Kier alpha value is -1.32. The molecular weight excluding hydrogens is 170 g/mol. The standard InChI is InChI=1S/C9H13NO3/c1-2-7(11)10-9(8(12)13)5-3-4-6-9/h3-4H,2,5-6H2,1H3,(H,10,11)(H,12,13). The molecule has 4 nitrogen and oxygen atoms in total. The summed E-state index contributed by atoms with van der Waals surface area (Å²) in [6.07, 6.45) is 4.64. The van der Waals surface area contributed by atoms with Crippen molar-refractivity contribution >= 4 is 11.9 Å². The molecule has 0 aliphatic heterocycles. The van der Waals surface area contributed by atoms with Gasteiger partial charge in [-0.3, -0.25) is 4.79 Å². The molecule has 0 bridgehead atoms. The minimum Gasteiger partial charge on any atom is -0.479 e. The third-order valence-electron chi connectivity index (χ3n) is 2.21. The zero-order chi connectivity index (χ0) is 9.90. The number of hydrogen-bond acceptors (Lipinski definition) is 2. The van der Waals surface area contributed by atoms with Crippen LogP contribution >= 0.6 is 0 Å². The fraction of sp³-hybridized carbons (Fsp3) is 0.556. The van der Waals surface area contributed by atoms with Crippen LogP contribution in [0.1, 0.15) is 26.2 Å². The first-order valence-electron chi connectivity index (χ1n) is 4.30. The van der Waals surface area contributed by atoms with Gasteiger partial charge >= 0.3 is 5.97 Å². The minimum atomic E-state index is -1.08. The second-order valence-corrected chi connectivity index (χ2v) is 3.17. The van der Waals surface area contributed by atoms with Crippen LogP contribution < -0.4 is 5.32 Å². The summed E-state index contributed by atoms with van der Waals surface area (Å²) in [5, 5.41) is 11.5. The van der Waals surface area contributed by atoms with Crippen LogP contribution in [0.3, 0.4) is 0 Å². The van der Waals surface area contributed by atoms with Crippen molar-refractivity contribution in [1.29, 1.82) is 0 Å². The molecule has 2 N–H and O–H groups in total. The van der Waals surface area contributed by atoms with Gasteiger partial charge in [0, 0.05) is 6.42 Å². The number of rotatable bonds is 3. The molecule has 0 aromatic heterocycles. The molecule has 0 aromatic carbocycles. The Bertz CT molecular complexity index is 250. The highest BCUT2D eigenvalue weighted by molar-refractivity contribution is 5.87. The molecule has 1 amide bonds. The van der Waals surface area contributed by atoms with Gasteiger partial charge in [0.05, 0.1) is 0 Å². The van der Waals surface area contributed by atoms with Gasteiger partial charge in [-0.2, -0.15) is 0 Å². The maximum atomic E-state index is 11.1. The summed E-state index contributed by atoms with van der Waals surface area (Å²) < 4.78 is 0. The Morgan fingerprint density at radius 1 is 1.46 bits per heavy atom. The van der Waals surface area contributed by atoms with E-state index in [9.17, 15) is 9.59 Å². The fourth-order valence-electron chi connectivity index (χ4n) is 1.34. The third kappa shape index (κ3) is 1.88. The Labute approximate surface area is 76.6 Å². The summed E-state index contributed by atoms with van der Waals surface area (Å²) in [6.45, 7) is 1.70. The van der Waals surface area contributed by atoms with Crippen molar-refractivity contribution < 1.29 is 14.7 Å². The van der Waals surface area contributed by atoms with Crippen molar-refractivity contribution in [3.63, 3.8) is 0 Å². The third-order valence-corrected chi connectivity index (χ3v) is 2.21. The van der Waals surface area contributed by atoms with Crippen molar-refractivity contribution in [1.82, 2.24) is 5.32 Å².